The third-order valence-electron chi connectivity index (χ3n) is 2.65. The zero-order valence-electron chi connectivity index (χ0n) is 10.2. The summed E-state index contributed by atoms with van der Waals surface area (Å²) < 4.78 is 18.5. The first kappa shape index (κ1) is 13.5. The van der Waals surface area contributed by atoms with Gasteiger partial charge in [0.05, 0.1) is 6.61 Å². The van der Waals surface area contributed by atoms with Crippen LogP contribution in [0.2, 0.25) is 0 Å². The van der Waals surface area contributed by atoms with Gasteiger partial charge in [-0.1, -0.05) is 6.07 Å². The second-order valence-electron chi connectivity index (χ2n) is 4.01. The lowest BCUT2D eigenvalue weighted by atomic mass is 9.79. The van der Waals surface area contributed by atoms with E-state index in [1.54, 1.807) is 12.4 Å². The maximum absolute atomic E-state index is 13.1. The summed E-state index contributed by atoms with van der Waals surface area (Å²) in [5, 5.41) is 18.3. The van der Waals surface area contributed by atoms with E-state index in [-0.39, 0.29) is 11.2 Å². The van der Waals surface area contributed by atoms with Crippen molar-refractivity contribution in [3.05, 3.63) is 54.1 Å². The van der Waals surface area contributed by atoms with E-state index in [0.717, 1.165) is 17.7 Å². The lowest BCUT2D eigenvalue weighted by Gasteiger charge is -2.11. The largest absolute Gasteiger partial charge is 0.494 e. The highest BCUT2D eigenvalue weighted by atomic mass is 19.1. The molecule has 0 saturated heterocycles. The van der Waals surface area contributed by atoms with Crippen LogP contribution in [0.4, 0.5) is 4.39 Å². The van der Waals surface area contributed by atoms with Gasteiger partial charge >= 0.3 is 7.12 Å². The second kappa shape index (κ2) is 6.31. The minimum Gasteiger partial charge on any atom is -0.494 e. The van der Waals surface area contributed by atoms with Gasteiger partial charge in [0.25, 0.3) is 0 Å². The molecule has 0 fully saturated rings. The normalized spacial score (nSPS) is 10.3. The van der Waals surface area contributed by atoms with Crippen molar-refractivity contribution in [3.8, 4) is 5.75 Å². The topological polar surface area (TPSA) is 62.6 Å². The summed E-state index contributed by atoms with van der Waals surface area (Å²) in [7, 11) is -1.68. The third-order valence-corrected chi connectivity index (χ3v) is 2.65. The van der Waals surface area contributed by atoms with Gasteiger partial charge in [-0.05, 0) is 23.8 Å². The van der Waals surface area contributed by atoms with Crippen molar-refractivity contribution in [1.82, 2.24) is 4.98 Å². The molecule has 0 radical (unpaired) electrons. The van der Waals surface area contributed by atoms with Crippen LogP contribution >= 0.6 is 0 Å². The first-order chi connectivity index (χ1) is 9.16. The van der Waals surface area contributed by atoms with Crippen molar-refractivity contribution in [1.29, 1.82) is 0 Å². The number of hydrogen-bond donors (Lipinski definition) is 2. The Hall–Kier alpha value is -1.92. The number of rotatable bonds is 5. The van der Waals surface area contributed by atoms with Gasteiger partial charge in [-0.2, -0.15) is 0 Å². The second-order valence-corrected chi connectivity index (χ2v) is 4.01. The molecule has 1 aromatic carbocycles. The Morgan fingerprint density at radius 2 is 1.89 bits per heavy atom. The molecule has 1 aromatic heterocycles. The summed E-state index contributed by atoms with van der Waals surface area (Å²) in [4.78, 5) is 3.90. The van der Waals surface area contributed by atoms with Crippen LogP contribution < -0.4 is 10.2 Å². The summed E-state index contributed by atoms with van der Waals surface area (Å²) >= 11 is 0. The van der Waals surface area contributed by atoms with Crippen LogP contribution in [0.3, 0.4) is 0 Å². The monoisotopic (exact) mass is 261 g/mol. The molecule has 0 aliphatic carbocycles. The number of aromatic nitrogens is 1. The van der Waals surface area contributed by atoms with Crippen LogP contribution in [-0.2, 0) is 6.42 Å². The van der Waals surface area contributed by atoms with Crippen LogP contribution in [-0.4, -0.2) is 28.8 Å². The number of hydrogen-bond acceptors (Lipinski definition) is 4. The van der Waals surface area contributed by atoms with Gasteiger partial charge in [0.15, 0.2) is 0 Å². The first-order valence-corrected chi connectivity index (χ1v) is 5.84. The molecule has 2 aromatic rings. The average Bonchev–Trinajstić information content (AvgIpc) is 2.39. The van der Waals surface area contributed by atoms with Crippen LogP contribution in [0.15, 0.2) is 42.7 Å². The van der Waals surface area contributed by atoms with Crippen molar-refractivity contribution in [2.75, 3.05) is 6.61 Å². The maximum atomic E-state index is 13.1. The van der Waals surface area contributed by atoms with Gasteiger partial charge in [0, 0.05) is 30.3 Å². The molecule has 0 saturated carbocycles. The predicted molar refractivity (Wildman–Crippen MR) is 69.7 cm³/mol. The van der Waals surface area contributed by atoms with E-state index in [9.17, 15) is 4.39 Å². The van der Waals surface area contributed by atoms with E-state index < -0.39 is 12.9 Å². The maximum Gasteiger partial charge on any atom is 0.492 e. The molecular weight excluding hydrogens is 248 g/mol. The van der Waals surface area contributed by atoms with Crippen molar-refractivity contribution < 1.29 is 19.2 Å². The molecule has 19 heavy (non-hydrogen) atoms. The highest BCUT2D eigenvalue weighted by molar-refractivity contribution is 6.59. The first-order valence-electron chi connectivity index (χ1n) is 5.84. The summed E-state index contributed by atoms with van der Waals surface area (Å²) in [6.07, 6.45) is 3.99. The third kappa shape index (κ3) is 3.77. The Kier molecular flexibility index (Phi) is 4.49. The fourth-order valence-electron chi connectivity index (χ4n) is 1.67. The molecule has 6 heteroatoms. The standard InChI is InChI=1S/C13H13BFNO3/c15-11-1-2-12(14(17)18)13(9-11)19-8-5-10-3-6-16-7-4-10/h1-4,6-7,9,17-18H,5,8H2. The number of nitrogens with zero attached hydrogens (tertiary/aromatic N) is 1. The summed E-state index contributed by atoms with van der Waals surface area (Å²) in [6, 6.07) is 7.31. The van der Waals surface area contributed by atoms with Crippen LogP contribution in [0.25, 0.3) is 0 Å². The number of pyridine rings is 1. The molecular formula is C13H13BFNO3. The zero-order valence-corrected chi connectivity index (χ0v) is 10.2. The highest BCUT2D eigenvalue weighted by Gasteiger charge is 2.17. The molecule has 0 aliphatic rings. The highest BCUT2D eigenvalue weighted by Crippen LogP contribution is 2.11. The van der Waals surface area contributed by atoms with Gasteiger partial charge in [0.1, 0.15) is 11.6 Å². The molecule has 0 aliphatic heterocycles. The average molecular weight is 261 g/mol. The minimum atomic E-state index is -1.68. The lowest BCUT2D eigenvalue weighted by molar-refractivity contribution is 0.320. The van der Waals surface area contributed by atoms with Gasteiger partial charge < -0.3 is 14.8 Å². The summed E-state index contributed by atoms with van der Waals surface area (Å²) in [5.74, 6) is -0.340. The van der Waals surface area contributed by atoms with Gasteiger partial charge in [-0.25, -0.2) is 4.39 Å². The molecule has 1 heterocycles. The summed E-state index contributed by atoms with van der Waals surface area (Å²) in [6.45, 7) is 0.313. The molecule has 0 amide bonds. The van der Waals surface area contributed by atoms with Gasteiger partial charge in [0.2, 0.25) is 0 Å². The zero-order chi connectivity index (χ0) is 13.7. The molecule has 0 bridgehead atoms. The quantitative estimate of drug-likeness (QED) is 0.770. The van der Waals surface area contributed by atoms with Gasteiger partial charge in [-0.3, -0.25) is 4.98 Å². The van der Waals surface area contributed by atoms with E-state index in [2.05, 4.69) is 4.98 Å². The predicted octanol–water partition coefficient (Wildman–Crippen LogP) is 0.522. The minimum absolute atomic E-state index is 0.143. The van der Waals surface area contributed by atoms with Crippen molar-refractivity contribution >= 4 is 12.6 Å². The lowest BCUT2D eigenvalue weighted by Crippen LogP contribution is -2.31. The Labute approximate surface area is 110 Å². The molecule has 0 spiro atoms. The van der Waals surface area contributed by atoms with Crippen LogP contribution in [0.5, 0.6) is 5.75 Å². The van der Waals surface area contributed by atoms with Gasteiger partial charge in [-0.15, -0.1) is 0 Å². The Morgan fingerprint density at radius 3 is 2.58 bits per heavy atom. The summed E-state index contributed by atoms with van der Waals surface area (Å²) in [5.41, 5.74) is 1.19. The van der Waals surface area contributed by atoms with E-state index >= 15 is 0 Å². The fraction of sp³-hybridized carbons (Fsp3) is 0.154. The molecule has 0 unspecified atom stereocenters. The smallest absolute Gasteiger partial charge is 0.492 e. The van der Waals surface area contributed by atoms with Crippen molar-refractivity contribution in [2.45, 2.75) is 6.42 Å². The molecule has 98 valence electrons. The number of ether oxygens (including phenoxy) is 1. The SMILES string of the molecule is OB(O)c1ccc(F)cc1OCCc1ccncc1. The van der Waals surface area contributed by atoms with Crippen LogP contribution in [0.1, 0.15) is 5.56 Å². The molecule has 2 rings (SSSR count). The molecule has 0 atom stereocenters. The van der Waals surface area contributed by atoms with Crippen LogP contribution in [0, 0.1) is 5.82 Å². The number of benzene rings is 1. The van der Waals surface area contributed by atoms with E-state index in [1.165, 1.54) is 6.07 Å². The Bertz CT molecular complexity index is 537. The van der Waals surface area contributed by atoms with Crippen molar-refractivity contribution in [2.24, 2.45) is 0 Å². The van der Waals surface area contributed by atoms with E-state index in [1.807, 2.05) is 12.1 Å². The molecule has 2 N–H and O–H groups in total. The number of halogens is 1. The molecule has 4 nitrogen and oxygen atoms in total. The fourth-order valence-corrected chi connectivity index (χ4v) is 1.67. The Morgan fingerprint density at radius 1 is 1.16 bits per heavy atom. The van der Waals surface area contributed by atoms with Crippen molar-refractivity contribution in [3.63, 3.8) is 0 Å². The van der Waals surface area contributed by atoms with E-state index in [0.29, 0.717) is 13.0 Å². The Balaban J connectivity index is 2.01. The van der Waals surface area contributed by atoms with E-state index in [4.69, 9.17) is 14.8 Å².